The molecule has 12 nitrogen and oxygen atoms in total. The summed E-state index contributed by atoms with van der Waals surface area (Å²) in [7, 11) is 0. The molecule has 0 aliphatic carbocycles. The number of hydrogen-bond acceptors (Lipinski definition) is 21. The summed E-state index contributed by atoms with van der Waals surface area (Å²) >= 11 is 14.9. The summed E-state index contributed by atoms with van der Waals surface area (Å²) in [6.07, 6.45) is 8.71. The Kier molecular flexibility index (Phi) is 19.5. The van der Waals surface area contributed by atoms with Crippen molar-refractivity contribution in [1.29, 1.82) is 0 Å². The molecular weight excluding hydrogens is 1990 g/mol. The van der Waals surface area contributed by atoms with E-state index in [1.54, 1.807) is 133 Å². The van der Waals surface area contributed by atoms with Gasteiger partial charge in [-0.2, -0.15) is 0 Å². The van der Waals surface area contributed by atoms with E-state index in [1.165, 1.54) is 168 Å². The molecule has 0 aliphatic rings. The first kappa shape index (κ1) is 84.7. The minimum absolute atomic E-state index is 0.428. The first-order valence-corrected chi connectivity index (χ1v) is 54.9. The van der Waals surface area contributed by atoms with Crippen LogP contribution in [0.5, 0.6) is 35.3 Å². The summed E-state index contributed by atoms with van der Waals surface area (Å²) in [4.78, 5) is 8.08. The summed E-state index contributed by atoms with van der Waals surface area (Å²) in [5.74, 6) is 3.17. The van der Waals surface area contributed by atoms with Gasteiger partial charge in [0, 0.05) is 153 Å². The number of hydrogen-bond donors (Lipinski definition) is 0. The summed E-state index contributed by atoms with van der Waals surface area (Å²) in [6, 6.07) is 131. The molecule has 18 aromatic heterocycles. The average Bonchev–Trinajstić information content (AvgIpc) is 1.73. The van der Waals surface area contributed by atoms with Gasteiger partial charge in [-0.15, -0.1) is 0 Å². The number of benzene rings is 16. The van der Waals surface area contributed by atoms with Gasteiger partial charge in [0.25, 0.3) is 23.8 Å². The first-order chi connectivity index (χ1) is 72.7. The van der Waals surface area contributed by atoms with Crippen LogP contribution in [0, 0.1) is 0 Å². The van der Waals surface area contributed by atoms with Gasteiger partial charge in [-0.1, -0.05) is 320 Å². The van der Waals surface area contributed by atoms with Crippen LogP contribution in [0.2, 0.25) is 0 Å². The molecule has 0 aliphatic heterocycles. The lowest BCUT2D eigenvalue weighted by Gasteiger charge is -2.12. The molecule has 34 rings (SSSR count). The van der Waals surface area contributed by atoms with Gasteiger partial charge in [-0.25, -0.2) is 0 Å². The van der Waals surface area contributed by atoms with E-state index >= 15 is 0 Å². The van der Waals surface area contributed by atoms with E-state index in [-0.39, 0.29) is 0 Å². The van der Waals surface area contributed by atoms with E-state index in [2.05, 4.69) is 297 Å². The summed E-state index contributed by atoms with van der Waals surface area (Å²) in [6.45, 7) is 0. The average molecular weight is 2060 g/mol. The predicted octanol–water partition coefficient (Wildman–Crippen LogP) is 43.2. The van der Waals surface area contributed by atoms with Crippen LogP contribution in [0.15, 0.2) is 441 Å². The fourth-order valence-corrected chi connectivity index (χ4v) is 30.1. The largest absolute Gasteiger partial charge is 0.454 e. The molecule has 0 fully saturated rings. The molecule has 0 saturated carbocycles. The second kappa shape index (κ2) is 33.9. The Labute approximate surface area is 867 Å². The smallest absolute Gasteiger partial charge is 0.294 e. The van der Waals surface area contributed by atoms with Crippen LogP contribution < -0.4 is 14.2 Å². The standard InChI is InChI=1S/2C36H18O4S3.C34H20OS.C20H10O3S2/c1-2-7-29-24(6-1)32-27(17-38-35(32)42-29)40-28-18-39-36-33(28)26-16-22(9-11-31(26)43-36)20-5-3-4-19(14-20)21-8-10-30-25(15-21)23-12-13-37-34(23)41-30;1-2-7-29-23(6-1)27-17-32(39-35(27)42-29)38-33-18-28-26-16-22(9-11-31(26)43-36(28)40-33)20-5-3-4-19(14-20)21-8-10-30-25(15-21)24-12-13-37-34(24)41-30;1-2-10-27-25(8-1)26-9-3-4-11-28(26)31-19-23(12-14-29(27)31)21-6-5-7-22(18-21)24-13-15-33-32(20-24)30-16-17-35-34(30)36-33;1-3-7-15-11(5-1)13-9-17(22-19(13)24-15)21-18-10-14-12-6-2-4-8-16(12)25-20(14)23-18/h2*1-18H;1-20H;1-10H. The Morgan fingerprint density at radius 3 is 0.748 bits per heavy atom. The van der Waals surface area contributed by atoms with Gasteiger partial charge < -0.3 is 54.0 Å². The third kappa shape index (κ3) is 14.4. The van der Waals surface area contributed by atoms with Gasteiger partial charge in [0.05, 0.1) is 29.6 Å². The second-order valence-corrected chi connectivity index (χ2v) is 45.4. The highest BCUT2D eigenvalue weighted by Crippen LogP contribution is 2.53. The number of rotatable bonds is 12. The van der Waals surface area contributed by atoms with Gasteiger partial charge in [-0.05, 0) is 226 Å². The zero-order valence-electron chi connectivity index (χ0n) is 76.7. The molecule has 16 aromatic carbocycles. The van der Waals surface area contributed by atoms with E-state index < -0.39 is 0 Å². The van der Waals surface area contributed by atoms with Crippen molar-refractivity contribution in [3.05, 3.63) is 401 Å². The zero-order valence-corrected chi connectivity index (χ0v) is 84.0. The third-order valence-electron chi connectivity index (χ3n) is 27.8. The van der Waals surface area contributed by atoms with Crippen molar-refractivity contribution < 1.29 is 54.0 Å². The lowest BCUT2D eigenvalue weighted by Crippen LogP contribution is -1.85. The maximum Gasteiger partial charge on any atom is 0.294 e. The molecule has 696 valence electrons. The monoisotopic (exact) mass is 2060 g/mol. The molecule has 18 heterocycles. The summed E-state index contributed by atoms with van der Waals surface area (Å²) in [5, 5.41) is 28.3. The van der Waals surface area contributed by atoms with Crippen molar-refractivity contribution in [1.82, 2.24) is 0 Å². The number of furan rings is 9. The molecule has 34 aromatic rings. The fraction of sp³-hybridized carbons (Fsp3) is 0. The Morgan fingerprint density at radius 1 is 0.143 bits per heavy atom. The second-order valence-electron chi connectivity index (χ2n) is 36.3. The van der Waals surface area contributed by atoms with E-state index in [0.29, 0.717) is 35.3 Å². The molecule has 0 spiro atoms. The maximum absolute atomic E-state index is 6.51. The van der Waals surface area contributed by atoms with Crippen molar-refractivity contribution in [2.24, 2.45) is 0 Å². The van der Waals surface area contributed by atoms with Crippen LogP contribution in [0.4, 0.5) is 0 Å². The van der Waals surface area contributed by atoms with Crippen LogP contribution in [-0.4, -0.2) is 0 Å². The molecule has 0 radical (unpaired) electrons. The van der Waals surface area contributed by atoms with E-state index in [9.17, 15) is 0 Å². The molecule has 0 bridgehead atoms. The van der Waals surface area contributed by atoms with Gasteiger partial charge in [-0.3, -0.25) is 0 Å². The van der Waals surface area contributed by atoms with Gasteiger partial charge in [0.1, 0.15) is 12.5 Å². The van der Waals surface area contributed by atoms with Crippen LogP contribution in [-0.2, 0) is 0 Å². The molecule has 0 N–H and O–H groups in total. The Balaban J connectivity index is 0.0000000903. The normalized spacial score (nSPS) is 12.1. The van der Waals surface area contributed by atoms with Crippen molar-refractivity contribution in [3.63, 3.8) is 0 Å². The number of thiophene rings is 9. The predicted molar refractivity (Wildman–Crippen MR) is 617 cm³/mol. The Bertz CT molecular complexity index is 11200. The summed E-state index contributed by atoms with van der Waals surface area (Å²) in [5.41, 5.74) is 14.3. The number of fused-ring (bicyclic) bond motifs is 33. The van der Waals surface area contributed by atoms with E-state index in [1.807, 2.05) is 72.8 Å². The quantitative estimate of drug-likeness (QED) is 0.107. The maximum atomic E-state index is 6.51. The molecule has 0 amide bonds. The highest BCUT2D eigenvalue weighted by molar-refractivity contribution is 7.28. The van der Waals surface area contributed by atoms with Crippen molar-refractivity contribution in [2.45, 2.75) is 0 Å². The molecule has 0 unspecified atom stereocenters. The van der Waals surface area contributed by atoms with E-state index in [0.717, 1.165) is 114 Å². The highest BCUT2D eigenvalue weighted by Gasteiger charge is 2.26. The topological polar surface area (TPSA) is 146 Å². The van der Waals surface area contributed by atoms with Gasteiger partial charge in [0.15, 0.2) is 55.6 Å². The molecule has 0 atom stereocenters. The van der Waals surface area contributed by atoms with Crippen LogP contribution in [0.25, 0.3) is 282 Å². The van der Waals surface area contributed by atoms with Crippen LogP contribution >= 0.6 is 102 Å². The lowest BCUT2D eigenvalue weighted by molar-refractivity contribution is 0.296. The minimum Gasteiger partial charge on any atom is -0.454 e. The molecular formula is C126H66O12S9. The van der Waals surface area contributed by atoms with Crippen LogP contribution in [0.3, 0.4) is 0 Å². The SMILES string of the molecule is c1cc(-c2ccc3sc4occc4c3c2)cc(-c2ccc3c4ccccc4c4ccccc4c3c2)c1.c1cc(-c2ccc3sc4occc4c3c2)cc(-c2ccc3sc4oc(Oc5cc6c(o5)sc5ccccc56)cc4c3c2)c1.c1cc(-c2ccc3sc4occc4c3c2)cc(-c2ccc3sc4occ(Oc5coc6sc7ccccc7c56)c4c3c2)c1.c1ccc2c(c1)sc1oc(Oc3cc4c(o3)sc3ccccc34)cc12. The van der Waals surface area contributed by atoms with E-state index in [4.69, 9.17) is 54.0 Å². The molecule has 21 heteroatoms. The van der Waals surface area contributed by atoms with Crippen LogP contribution in [0.1, 0.15) is 0 Å². The Hall–Kier alpha value is -16.8. The zero-order chi connectivity index (χ0) is 96.2. The highest BCUT2D eigenvalue weighted by atomic mass is 32.1. The van der Waals surface area contributed by atoms with Gasteiger partial charge >= 0.3 is 0 Å². The first-order valence-electron chi connectivity index (χ1n) is 47.6. The third-order valence-corrected chi connectivity index (χ3v) is 37.4. The molecule has 147 heavy (non-hydrogen) atoms. The van der Waals surface area contributed by atoms with Crippen molar-refractivity contribution in [2.75, 3.05) is 0 Å². The molecule has 0 saturated heterocycles. The Morgan fingerprint density at radius 2 is 0.388 bits per heavy atom. The lowest BCUT2D eigenvalue weighted by atomic mass is 9.91. The minimum atomic E-state index is 0.428. The van der Waals surface area contributed by atoms with Gasteiger partial charge in [0.2, 0.25) is 0 Å². The summed E-state index contributed by atoms with van der Waals surface area (Å²) < 4.78 is 82.0. The van der Waals surface area contributed by atoms with Crippen molar-refractivity contribution >= 4 is 318 Å². The number of ether oxygens (including phenoxy) is 3. The van der Waals surface area contributed by atoms with Crippen molar-refractivity contribution in [3.8, 4) is 102 Å². The fourth-order valence-electron chi connectivity index (χ4n) is 20.9.